The molecule has 0 saturated carbocycles. The molecule has 2 atom stereocenters. The lowest BCUT2D eigenvalue weighted by molar-refractivity contribution is 0.0867. The van der Waals surface area contributed by atoms with Crippen LogP contribution in [0, 0.1) is 0 Å². The van der Waals surface area contributed by atoms with E-state index in [1.807, 2.05) is 42.5 Å². The number of aryl methyl sites for hydroxylation is 1. The van der Waals surface area contributed by atoms with Gasteiger partial charge in [0.15, 0.2) is 11.4 Å². The Morgan fingerprint density at radius 3 is 2.68 bits per heavy atom. The molecule has 1 saturated heterocycles. The number of benzene rings is 2. The molecule has 1 heterocycles. The lowest BCUT2D eigenvalue weighted by Crippen LogP contribution is -2.24. The minimum atomic E-state index is -0.652. The number of methoxy groups -OCH3 is 1. The van der Waals surface area contributed by atoms with Crippen LogP contribution in [0.4, 0.5) is 0 Å². The van der Waals surface area contributed by atoms with Crippen LogP contribution in [0.1, 0.15) is 40.4 Å². The summed E-state index contributed by atoms with van der Waals surface area (Å²) < 4.78 is 11.1. The topological polar surface area (TPSA) is 38.8 Å². The monoisotopic (exact) mass is 294 g/mol. The molecule has 2 aliphatic rings. The molecule has 0 radical (unpaired) electrons. The molecule has 2 aromatic rings. The van der Waals surface area contributed by atoms with Gasteiger partial charge < -0.3 is 9.47 Å². The fourth-order valence-electron chi connectivity index (χ4n) is 3.50. The SMILES string of the molecule is COc1ccc([C@H]2O[C@@]23CCCc2ccccc2C3=O)cc1. The molecule has 0 unspecified atom stereocenters. The number of epoxide rings is 1. The number of carbonyl (C=O) groups is 1. The molecule has 3 heteroatoms. The van der Waals surface area contributed by atoms with Crippen LogP contribution in [0.3, 0.4) is 0 Å². The van der Waals surface area contributed by atoms with E-state index in [1.54, 1.807) is 7.11 Å². The molecule has 1 aliphatic carbocycles. The van der Waals surface area contributed by atoms with Crippen molar-refractivity contribution in [2.75, 3.05) is 7.11 Å². The van der Waals surface area contributed by atoms with E-state index in [4.69, 9.17) is 9.47 Å². The summed E-state index contributed by atoms with van der Waals surface area (Å²) in [5.74, 6) is 0.956. The predicted molar refractivity (Wildman–Crippen MR) is 83.3 cm³/mol. The number of ether oxygens (including phenoxy) is 2. The van der Waals surface area contributed by atoms with Gasteiger partial charge in [0.05, 0.1) is 7.11 Å². The van der Waals surface area contributed by atoms with Crippen molar-refractivity contribution >= 4 is 5.78 Å². The Morgan fingerprint density at radius 2 is 1.91 bits per heavy atom. The van der Waals surface area contributed by atoms with E-state index in [2.05, 4.69) is 6.07 Å². The van der Waals surface area contributed by atoms with Crippen molar-refractivity contribution in [1.82, 2.24) is 0 Å². The average Bonchev–Trinajstić information content (AvgIpc) is 3.32. The van der Waals surface area contributed by atoms with Crippen LogP contribution >= 0.6 is 0 Å². The van der Waals surface area contributed by atoms with Crippen LogP contribution in [0.25, 0.3) is 0 Å². The number of rotatable bonds is 2. The Morgan fingerprint density at radius 1 is 1.14 bits per heavy atom. The number of carbonyl (C=O) groups excluding carboxylic acids is 1. The summed E-state index contributed by atoms with van der Waals surface area (Å²) in [6, 6.07) is 15.7. The number of ketones is 1. The highest BCUT2D eigenvalue weighted by molar-refractivity contribution is 6.06. The zero-order valence-electron chi connectivity index (χ0n) is 12.5. The molecular formula is C19H18O3. The molecular weight excluding hydrogens is 276 g/mol. The molecule has 112 valence electrons. The van der Waals surface area contributed by atoms with E-state index >= 15 is 0 Å². The van der Waals surface area contributed by atoms with Gasteiger partial charge in [-0.2, -0.15) is 0 Å². The van der Waals surface area contributed by atoms with Crippen LogP contribution in [-0.2, 0) is 11.2 Å². The van der Waals surface area contributed by atoms with Crippen molar-refractivity contribution in [3.05, 3.63) is 65.2 Å². The van der Waals surface area contributed by atoms with Crippen molar-refractivity contribution < 1.29 is 14.3 Å². The molecule has 0 bridgehead atoms. The lowest BCUT2D eigenvalue weighted by Gasteiger charge is -2.09. The molecule has 3 nitrogen and oxygen atoms in total. The van der Waals surface area contributed by atoms with Gasteiger partial charge in [0.25, 0.3) is 0 Å². The normalized spacial score (nSPS) is 26.4. The van der Waals surface area contributed by atoms with Gasteiger partial charge in [-0.05, 0) is 42.5 Å². The Bertz CT molecular complexity index is 720. The minimum absolute atomic E-state index is 0.128. The summed E-state index contributed by atoms with van der Waals surface area (Å²) in [5, 5.41) is 0. The van der Waals surface area contributed by atoms with E-state index in [-0.39, 0.29) is 11.9 Å². The van der Waals surface area contributed by atoms with Gasteiger partial charge in [0.2, 0.25) is 0 Å². The first-order valence-electron chi connectivity index (χ1n) is 7.69. The highest BCUT2D eigenvalue weighted by atomic mass is 16.6. The van der Waals surface area contributed by atoms with Gasteiger partial charge in [-0.15, -0.1) is 0 Å². The highest BCUT2D eigenvalue weighted by Crippen LogP contribution is 2.55. The summed E-state index contributed by atoms with van der Waals surface area (Å²) in [5.41, 5.74) is 2.37. The van der Waals surface area contributed by atoms with Crippen LogP contribution in [0.15, 0.2) is 48.5 Å². The zero-order valence-corrected chi connectivity index (χ0v) is 12.5. The maximum absolute atomic E-state index is 13.0. The van der Waals surface area contributed by atoms with Gasteiger partial charge in [0, 0.05) is 5.56 Å². The second-order valence-electron chi connectivity index (χ2n) is 6.00. The number of fused-ring (bicyclic) bond motifs is 1. The van der Waals surface area contributed by atoms with Crippen LogP contribution < -0.4 is 4.74 Å². The van der Waals surface area contributed by atoms with Crippen molar-refractivity contribution in [3.8, 4) is 5.75 Å². The summed E-state index contributed by atoms with van der Waals surface area (Å²) in [6.07, 6.45) is 2.59. The molecule has 22 heavy (non-hydrogen) atoms. The number of Topliss-reactive ketones (excluding diaryl/α,β-unsaturated/α-hetero) is 1. The second-order valence-corrected chi connectivity index (χ2v) is 6.00. The fraction of sp³-hybridized carbons (Fsp3) is 0.316. The first-order valence-corrected chi connectivity index (χ1v) is 7.69. The third-order valence-corrected chi connectivity index (χ3v) is 4.75. The van der Waals surface area contributed by atoms with Crippen molar-refractivity contribution in [3.63, 3.8) is 0 Å². The Kier molecular flexibility index (Phi) is 3.05. The van der Waals surface area contributed by atoms with Gasteiger partial charge in [-0.3, -0.25) is 4.79 Å². The number of hydrogen-bond donors (Lipinski definition) is 0. The molecule has 1 fully saturated rings. The first-order chi connectivity index (χ1) is 10.7. The molecule has 1 aliphatic heterocycles. The predicted octanol–water partition coefficient (Wildman–Crippen LogP) is 3.72. The van der Waals surface area contributed by atoms with E-state index in [9.17, 15) is 4.79 Å². The molecule has 0 aromatic heterocycles. The number of hydrogen-bond acceptors (Lipinski definition) is 3. The van der Waals surface area contributed by atoms with E-state index in [0.717, 1.165) is 41.7 Å². The van der Waals surface area contributed by atoms with Gasteiger partial charge in [-0.25, -0.2) is 0 Å². The summed E-state index contributed by atoms with van der Waals surface area (Å²) >= 11 is 0. The third kappa shape index (κ3) is 1.97. The van der Waals surface area contributed by atoms with Crippen LogP contribution in [0.2, 0.25) is 0 Å². The lowest BCUT2D eigenvalue weighted by atomic mass is 9.89. The van der Waals surface area contributed by atoms with Crippen LogP contribution in [0.5, 0.6) is 5.75 Å². The van der Waals surface area contributed by atoms with Crippen molar-refractivity contribution in [1.29, 1.82) is 0 Å². The maximum atomic E-state index is 13.0. The second kappa shape index (κ2) is 4.96. The first kappa shape index (κ1) is 13.5. The molecule has 1 spiro atoms. The average molecular weight is 294 g/mol. The molecule has 0 N–H and O–H groups in total. The Balaban J connectivity index is 1.67. The van der Waals surface area contributed by atoms with E-state index in [0.29, 0.717) is 0 Å². The standard InChI is InChI=1S/C19H18O3/c1-21-15-10-8-14(9-11-15)18-19(22-18)12-4-6-13-5-2-3-7-16(13)17(19)20/h2-3,5,7-11,18H,4,6,12H2,1H3/t18-,19-/m1/s1. The third-order valence-electron chi connectivity index (χ3n) is 4.75. The molecule has 2 aromatic carbocycles. The van der Waals surface area contributed by atoms with Gasteiger partial charge >= 0.3 is 0 Å². The zero-order chi connectivity index (χ0) is 15.2. The van der Waals surface area contributed by atoms with E-state index < -0.39 is 5.60 Å². The highest BCUT2D eigenvalue weighted by Gasteiger charge is 2.62. The van der Waals surface area contributed by atoms with Gasteiger partial charge in [0.1, 0.15) is 11.9 Å². The van der Waals surface area contributed by atoms with Crippen molar-refractivity contribution in [2.45, 2.75) is 31.0 Å². The quantitative estimate of drug-likeness (QED) is 0.792. The summed E-state index contributed by atoms with van der Waals surface area (Å²) in [7, 11) is 1.65. The Hall–Kier alpha value is -2.13. The van der Waals surface area contributed by atoms with Crippen molar-refractivity contribution in [2.24, 2.45) is 0 Å². The minimum Gasteiger partial charge on any atom is -0.497 e. The van der Waals surface area contributed by atoms with Gasteiger partial charge in [-0.1, -0.05) is 36.4 Å². The Labute approximate surface area is 129 Å². The summed E-state index contributed by atoms with van der Waals surface area (Å²) in [6.45, 7) is 0. The van der Waals surface area contributed by atoms with Crippen LogP contribution in [-0.4, -0.2) is 18.5 Å². The molecule has 4 rings (SSSR count). The fourth-order valence-corrected chi connectivity index (χ4v) is 3.50. The largest absolute Gasteiger partial charge is 0.497 e. The van der Waals surface area contributed by atoms with E-state index in [1.165, 1.54) is 0 Å². The summed E-state index contributed by atoms with van der Waals surface area (Å²) in [4.78, 5) is 13.0. The smallest absolute Gasteiger partial charge is 0.197 e. The maximum Gasteiger partial charge on any atom is 0.197 e. The molecule has 0 amide bonds.